The van der Waals surface area contributed by atoms with Crippen LogP contribution in [-0.4, -0.2) is 70.1 Å². The van der Waals surface area contributed by atoms with Crippen LogP contribution in [0.15, 0.2) is 51.9 Å². The fraction of sp³-hybridized carbons (Fsp3) is 0.385. The van der Waals surface area contributed by atoms with E-state index in [1.807, 2.05) is 36.1 Å². The van der Waals surface area contributed by atoms with Crippen molar-refractivity contribution in [3.63, 3.8) is 0 Å². The number of carbonyl (C=O) groups is 2. The maximum atomic E-state index is 14.2. The molecule has 1 fully saturated rings. The molecule has 0 aliphatic carbocycles. The van der Waals surface area contributed by atoms with Gasteiger partial charge in [0.2, 0.25) is 17.6 Å². The fourth-order valence-electron chi connectivity index (χ4n) is 3.92. The van der Waals surface area contributed by atoms with Crippen LogP contribution in [0.4, 0.5) is 4.39 Å². The van der Waals surface area contributed by atoms with Gasteiger partial charge in [-0.3, -0.25) is 14.5 Å². The number of piperazine rings is 1. The average molecular weight is 497 g/mol. The molecule has 0 atom stereocenters. The summed E-state index contributed by atoms with van der Waals surface area (Å²) in [7, 11) is 0. The number of nitrogens with zero attached hydrogens (tertiary/aromatic N) is 4. The molecule has 0 unspecified atom stereocenters. The summed E-state index contributed by atoms with van der Waals surface area (Å²) in [4.78, 5) is 33.0. The molecule has 1 aliphatic heterocycles. The van der Waals surface area contributed by atoms with Crippen LogP contribution in [0, 0.1) is 12.7 Å². The van der Waals surface area contributed by atoms with Crippen molar-refractivity contribution in [3.05, 3.63) is 65.3 Å². The Morgan fingerprint density at radius 2 is 1.83 bits per heavy atom. The number of benzene rings is 2. The monoisotopic (exact) mass is 496 g/mol. The van der Waals surface area contributed by atoms with E-state index in [2.05, 4.69) is 15.0 Å². The van der Waals surface area contributed by atoms with Gasteiger partial charge in [0, 0.05) is 48.6 Å². The molecule has 9 heteroatoms. The minimum atomic E-state index is -0.465. The summed E-state index contributed by atoms with van der Waals surface area (Å²) in [5, 5.41) is 4.08. The number of hydrogen-bond acceptors (Lipinski definition) is 7. The number of aryl methyl sites for hydroxylation is 2. The molecule has 0 N–H and O–H groups in total. The second-order valence-electron chi connectivity index (χ2n) is 8.69. The van der Waals surface area contributed by atoms with Gasteiger partial charge in [0.15, 0.2) is 5.78 Å². The molecule has 4 rings (SSSR count). The average Bonchev–Trinajstić information content (AvgIpc) is 3.32. The van der Waals surface area contributed by atoms with Gasteiger partial charge < -0.3 is 9.42 Å². The Bertz CT molecular complexity index is 1170. The van der Waals surface area contributed by atoms with Crippen molar-refractivity contribution in [2.45, 2.75) is 31.6 Å². The van der Waals surface area contributed by atoms with Crippen LogP contribution >= 0.6 is 11.8 Å². The largest absolute Gasteiger partial charge is 0.339 e. The highest BCUT2D eigenvalue weighted by atomic mass is 32.2. The van der Waals surface area contributed by atoms with E-state index in [1.165, 1.54) is 30.3 Å². The van der Waals surface area contributed by atoms with Crippen LogP contribution < -0.4 is 0 Å². The number of aromatic nitrogens is 2. The van der Waals surface area contributed by atoms with Crippen LogP contribution in [-0.2, 0) is 11.2 Å². The lowest BCUT2D eigenvalue weighted by Gasteiger charge is -2.34. The second kappa shape index (κ2) is 11.6. The maximum Gasteiger partial charge on any atom is 0.233 e. The van der Waals surface area contributed by atoms with E-state index in [0.717, 1.165) is 31.6 Å². The van der Waals surface area contributed by atoms with Gasteiger partial charge >= 0.3 is 0 Å². The normalized spacial score (nSPS) is 14.3. The summed E-state index contributed by atoms with van der Waals surface area (Å²) in [6.07, 6.45) is 1.61. The van der Waals surface area contributed by atoms with Crippen molar-refractivity contribution < 1.29 is 18.5 Å². The first-order valence-electron chi connectivity index (χ1n) is 11.7. The van der Waals surface area contributed by atoms with Crippen LogP contribution in [0.1, 0.15) is 35.2 Å². The van der Waals surface area contributed by atoms with Gasteiger partial charge in [-0.1, -0.05) is 41.1 Å². The number of carbonyl (C=O) groups excluding carboxylic acids is 2. The maximum absolute atomic E-state index is 14.2. The number of ketones is 1. The number of Topliss-reactive ketones (excluding diaryl/α,β-unsaturated/α-hetero) is 1. The minimum Gasteiger partial charge on any atom is -0.339 e. The molecule has 1 saturated heterocycles. The summed E-state index contributed by atoms with van der Waals surface area (Å²) in [6, 6.07) is 12.4. The van der Waals surface area contributed by atoms with Crippen molar-refractivity contribution in [2.24, 2.45) is 0 Å². The molecule has 184 valence electrons. The summed E-state index contributed by atoms with van der Waals surface area (Å²) in [5.41, 5.74) is 2.47. The molecule has 1 amide bonds. The summed E-state index contributed by atoms with van der Waals surface area (Å²) in [6.45, 7) is 7.25. The smallest absolute Gasteiger partial charge is 0.233 e. The van der Waals surface area contributed by atoms with Crippen LogP contribution in [0.25, 0.3) is 11.4 Å². The van der Waals surface area contributed by atoms with Gasteiger partial charge in [-0.2, -0.15) is 4.98 Å². The molecule has 2 heterocycles. The highest BCUT2D eigenvalue weighted by Gasteiger charge is 2.21. The number of thioether (sulfide) groups is 1. The Hall–Kier alpha value is -3.04. The number of hydrogen-bond donors (Lipinski definition) is 0. The lowest BCUT2D eigenvalue weighted by atomic mass is 10.1. The predicted octanol–water partition coefficient (Wildman–Crippen LogP) is 4.26. The van der Waals surface area contributed by atoms with Crippen molar-refractivity contribution in [1.29, 1.82) is 0 Å². The van der Waals surface area contributed by atoms with Crippen molar-refractivity contribution >= 4 is 23.5 Å². The minimum absolute atomic E-state index is 0.000750. The lowest BCUT2D eigenvalue weighted by Crippen LogP contribution is -2.49. The van der Waals surface area contributed by atoms with Crippen LogP contribution in [0.3, 0.4) is 0 Å². The molecule has 7 nitrogen and oxygen atoms in total. The van der Waals surface area contributed by atoms with E-state index in [0.29, 0.717) is 41.7 Å². The first-order valence-corrected chi connectivity index (χ1v) is 12.7. The van der Waals surface area contributed by atoms with E-state index >= 15 is 0 Å². The molecule has 0 spiro atoms. The van der Waals surface area contributed by atoms with E-state index in [-0.39, 0.29) is 17.4 Å². The Morgan fingerprint density at radius 3 is 2.51 bits per heavy atom. The second-order valence-corrected chi connectivity index (χ2v) is 9.71. The molecule has 0 radical (unpaired) electrons. The van der Waals surface area contributed by atoms with E-state index in [4.69, 9.17) is 4.52 Å². The third-order valence-corrected chi connectivity index (χ3v) is 7.09. The standard InChI is InChI=1S/C26H29FN4O3S/c1-18-5-7-20(8-6-18)26-28-24(34-29-26)4-3-11-30-12-14-31(15-13-30)25(33)17-35-23-10-9-21(19(2)32)16-22(23)27/h5-10,16H,3-4,11-15,17H2,1-2H3. The highest BCUT2D eigenvalue weighted by Crippen LogP contribution is 2.23. The van der Waals surface area contributed by atoms with Gasteiger partial charge in [0.25, 0.3) is 0 Å². The summed E-state index contributed by atoms with van der Waals surface area (Å²) < 4.78 is 19.6. The van der Waals surface area contributed by atoms with Gasteiger partial charge in [0.1, 0.15) is 5.82 Å². The van der Waals surface area contributed by atoms with Crippen molar-refractivity contribution in [2.75, 3.05) is 38.5 Å². The van der Waals surface area contributed by atoms with Crippen LogP contribution in [0.5, 0.6) is 0 Å². The molecule has 1 aromatic heterocycles. The van der Waals surface area contributed by atoms with E-state index in [9.17, 15) is 14.0 Å². The van der Waals surface area contributed by atoms with Crippen molar-refractivity contribution in [3.8, 4) is 11.4 Å². The fourth-order valence-corrected chi connectivity index (χ4v) is 4.74. The topological polar surface area (TPSA) is 79.5 Å². The molecule has 1 aliphatic rings. The number of rotatable bonds is 9. The molecule has 35 heavy (non-hydrogen) atoms. The Morgan fingerprint density at radius 1 is 1.09 bits per heavy atom. The predicted molar refractivity (Wildman–Crippen MR) is 133 cm³/mol. The summed E-state index contributed by atoms with van der Waals surface area (Å²) >= 11 is 1.17. The zero-order valence-electron chi connectivity index (χ0n) is 20.0. The van der Waals surface area contributed by atoms with Crippen molar-refractivity contribution in [1.82, 2.24) is 19.9 Å². The third-order valence-electron chi connectivity index (χ3n) is 6.06. The molecular formula is C26H29FN4O3S. The van der Waals surface area contributed by atoms with Gasteiger partial charge in [-0.05, 0) is 38.9 Å². The highest BCUT2D eigenvalue weighted by molar-refractivity contribution is 8.00. The first kappa shape index (κ1) is 25.1. The lowest BCUT2D eigenvalue weighted by molar-refractivity contribution is -0.130. The van der Waals surface area contributed by atoms with Gasteiger partial charge in [0.05, 0.1) is 5.75 Å². The van der Waals surface area contributed by atoms with E-state index < -0.39 is 5.82 Å². The molecule has 0 bridgehead atoms. The van der Waals surface area contributed by atoms with Crippen LogP contribution in [0.2, 0.25) is 0 Å². The third kappa shape index (κ3) is 6.76. The molecular weight excluding hydrogens is 467 g/mol. The Labute approximate surface area is 208 Å². The van der Waals surface area contributed by atoms with Gasteiger partial charge in [-0.15, -0.1) is 11.8 Å². The zero-order chi connectivity index (χ0) is 24.8. The number of amides is 1. The molecule has 2 aromatic carbocycles. The SMILES string of the molecule is CC(=O)c1ccc(SCC(=O)N2CCN(CCCc3nc(-c4ccc(C)cc4)no3)CC2)c(F)c1. The summed E-state index contributed by atoms with van der Waals surface area (Å²) in [5.74, 6) is 0.775. The van der Waals surface area contributed by atoms with E-state index in [1.54, 1.807) is 12.1 Å². The molecule has 0 saturated carbocycles. The zero-order valence-corrected chi connectivity index (χ0v) is 20.8. The Kier molecular flexibility index (Phi) is 8.30. The Balaban J connectivity index is 1.16. The number of halogens is 1. The molecule has 3 aromatic rings. The quantitative estimate of drug-likeness (QED) is 0.324. The van der Waals surface area contributed by atoms with Gasteiger partial charge in [-0.25, -0.2) is 4.39 Å². The first-order chi connectivity index (χ1) is 16.9.